The maximum Gasteiger partial charge on any atom is 0.325 e. The fraction of sp³-hybridized carbons (Fsp3) is 0.484. The molecule has 1 spiro atoms. The molecule has 2 aromatic carbocycles. The Balaban J connectivity index is 0.00000189. The predicted octanol–water partition coefficient (Wildman–Crippen LogP) is 5.51. The van der Waals surface area contributed by atoms with Crippen LogP contribution in [-0.2, 0) is 13.0 Å². The first-order valence-electron chi connectivity index (χ1n) is 14.2. The van der Waals surface area contributed by atoms with Crippen molar-refractivity contribution in [2.45, 2.75) is 52.1 Å². The first-order valence-corrected chi connectivity index (χ1v) is 14.2. The van der Waals surface area contributed by atoms with Crippen LogP contribution < -0.4 is 24.3 Å². The number of amides is 4. The van der Waals surface area contributed by atoms with Gasteiger partial charge in [-0.25, -0.2) is 9.59 Å². The summed E-state index contributed by atoms with van der Waals surface area (Å²) in [7, 11) is 6.43. The molecule has 10 heteroatoms. The van der Waals surface area contributed by atoms with E-state index in [0.29, 0.717) is 68.4 Å². The van der Waals surface area contributed by atoms with Crippen LogP contribution in [0, 0.1) is 0 Å². The summed E-state index contributed by atoms with van der Waals surface area (Å²) in [4.78, 5) is 32.7. The standard InChI is InChI=1S/C29H36N4O6.C2H6/c1-6-33-28(35)32-18-19-15-21(37-3)17-25(39-5)22(19)8-10-26(32)29(33)11-13-31(14-12-29)27(34)30-23-16-20(36-2)7-9-24(23)38-4;1-2/h7,9-10,15-17H,6,8,11-14,18H2,1-5H3,(H,30,34);1-2H3. The highest BCUT2D eigenvalue weighted by Gasteiger charge is 2.54. The minimum absolute atomic E-state index is 0.00240. The Morgan fingerprint density at radius 1 is 0.927 bits per heavy atom. The maximum atomic E-state index is 13.7. The van der Waals surface area contributed by atoms with Crippen LogP contribution in [0.3, 0.4) is 0 Å². The fourth-order valence-electron chi connectivity index (χ4n) is 6.14. The number of piperidine rings is 1. The second kappa shape index (κ2) is 12.6. The number of urea groups is 2. The van der Waals surface area contributed by atoms with Gasteiger partial charge in [0, 0.05) is 43.0 Å². The summed E-state index contributed by atoms with van der Waals surface area (Å²) in [6.07, 6.45) is 4.12. The Bertz CT molecular complexity index is 1300. The Morgan fingerprint density at radius 3 is 2.22 bits per heavy atom. The third-order valence-corrected chi connectivity index (χ3v) is 8.15. The normalized spacial score (nSPS) is 17.0. The van der Waals surface area contributed by atoms with Gasteiger partial charge in [0.1, 0.15) is 23.0 Å². The van der Waals surface area contributed by atoms with E-state index < -0.39 is 5.54 Å². The molecular weight excluding hydrogens is 524 g/mol. The van der Waals surface area contributed by atoms with E-state index in [1.165, 1.54) is 0 Å². The highest BCUT2D eigenvalue weighted by Crippen LogP contribution is 2.47. The second-order valence-electron chi connectivity index (χ2n) is 9.89. The number of nitrogens with one attached hydrogen (secondary N) is 1. The van der Waals surface area contributed by atoms with Gasteiger partial charge < -0.3 is 34.1 Å². The molecule has 2 fully saturated rings. The Kier molecular flexibility index (Phi) is 9.20. The van der Waals surface area contributed by atoms with E-state index in [1.54, 1.807) is 51.5 Å². The SMILES string of the molecule is CC.CCN1C(=O)N2Cc3cc(OC)cc(OC)c3CC=C2C12CCN(C(=O)Nc1cc(OC)ccc1OC)CC2. The van der Waals surface area contributed by atoms with Crippen molar-refractivity contribution in [3.05, 3.63) is 53.2 Å². The molecule has 3 heterocycles. The molecule has 0 radical (unpaired) electrons. The number of ether oxygens (including phenoxy) is 4. The van der Waals surface area contributed by atoms with Crippen LogP contribution in [0.1, 0.15) is 44.7 Å². The molecule has 3 aliphatic heterocycles. The van der Waals surface area contributed by atoms with Crippen molar-refractivity contribution in [3.63, 3.8) is 0 Å². The number of methoxy groups -OCH3 is 4. The molecule has 10 nitrogen and oxygen atoms in total. The lowest BCUT2D eigenvalue weighted by atomic mass is 9.83. The maximum absolute atomic E-state index is 13.7. The first-order chi connectivity index (χ1) is 19.9. The summed E-state index contributed by atoms with van der Waals surface area (Å²) in [5.74, 6) is 2.65. The number of carbonyl (C=O) groups excluding carboxylic acids is 2. The third-order valence-electron chi connectivity index (χ3n) is 8.15. The Labute approximate surface area is 242 Å². The number of rotatable bonds is 6. The second-order valence-corrected chi connectivity index (χ2v) is 9.89. The zero-order valence-electron chi connectivity index (χ0n) is 25.2. The average molecular weight is 567 g/mol. The van der Waals surface area contributed by atoms with E-state index in [9.17, 15) is 9.59 Å². The van der Waals surface area contributed by atoms with E-state index in [4.69, 9.17) is 18.9 Å². The summed E-state index contributed by atoms with van der Waals surface area (Å²) in [6, 6.07) is 8.95. The number of carbonyl (C=O) groups is 2. The summed E-state index contributed by atoms with van der Waals surface area (Å²) in [5, 5.41) is 2.97. The van der Waals surface area contributed by atoms with Crippen LogP contribution in [0.4, 0.5) is 15.3 Å². The minimum Gasteiger partial charge on any atom is -0.497 e. The largest absolute Gasteiger partial charge is 0.497 e. The van der Waals surface area contributed by atoms with Crippen LogP contribution in [-0.4, -0.2) is 80.4 Å². The minimum atomic E-state index is -0.463. The molecule has 222 valence electrons. The van der Waals surface area contributed by atoms with Crippen molar-refractivity contribution in [1.29, 1.82) is 0 Å². The van der Waals surface area contributed by atoms with Crippen molar-refractivity contribution < 1.29 is 28.5 Å². The van der Waals surface area contributed by atoms with Crippen LogP contribution >= 0.6 is 0 Å². The quantitative estimate of drug-likeness (QED) is 0.496. The van der Waals surface area contributed by atoms with Gasteiger partial charge in [-0.15, -0.1) is 0 Å². The molecule has 2 saturated heterocycles. The van der Waals surface area contributed by atoms with Crippen molar-refractivity contribution >= 4 is 17.7 Å². The van der Waals surface area contributed by atoms with Gasteiger partial charge in [0.05, 0.1) is 46.2 Å². The molecule has 0 saturated carbocycles. The van der Waals surface area contributed by atoms with E-state index in [-0.39, 0.29) is 12.1 Å². The first kappa shape index (κ1) is 29.9. The molecule has 3 aliphatic rings. The molecule has 0 atom stereocenters. The van der Waals surface area contributed by atoms with Crippen molar-refractivity contribution in [3.8, 4) is 23.0 Å². The Morgan fingerprint density at radius 2 is 1.61 bits per heavy atom. The number of hydrogen-bond acceptors (Lipinski definition) is 6. The van der Waals surface area contributed by atoms with Gasteiger partial charge in [-0.2, -0.15) is 0 Å². The van der Waals surface area contributed by atoms with Crippen LogP contribution in [0.2, 0.25) is 0 Å². The number of nitrogens with zero attached hydrogens (tertiary/aromatic N) is 3. The van der Waals surface area contributed by atoms with E-state index in [2.05, 4.69) is 11.4 Å². The number of likely N-dealkylation sites (N-methyl/N-ethyl adjacent to an activating group) is 1. The van der Waals surface area contributed by atoms with Gasteiger partial charge in [0.25, 0.3) is 0 Å². The lowest BCUT2D eigenvalue weighted by Crippen LogP contribution is -2.55. The number of fused-ring (bicyclic) bond motifs is 3. The molecule has 41 heavy (non-hydrogen) atoms. The van der Waals surface area contributed by atoms with Crippen molar-refractivity contribution in [2.24, 2.45) is 0 Å². The summed E-state index contributed by atoms with van der Waals surface area (Å²) < 4.78 is 21.9. The van der Waals surface area contributed by atoms with E-state index in [0.717, 1.165) is 22.6 Å². The fourth-order valence-corrected chi connectivity index (χ4v) is 6.14. The topological polar surface area (TPSA) is 92.8 Å². The number of likely N-dealkylation sites (tertiary alicyclic amines) is 1. The molecule has 2 aromatic rings. The highest BCUT2D eigenvalue weighted by atomic mass is 16.5. The van der Waals surface area contributed by atoms with Gasteiger partial charge in [-0.05, 0) is 49.9 Å². The number of allylic oxidation sites excluding steroid dienone is 1. The zero-order valence-corrected chi connectivity index (χ0v) is 25.2. The van der Waals surface area contributed by atoms with Crippen LogP contribution in [0.5, 0.6) is 23.0 Å². The lowest BCUT2D eigenvalue weighted by Gasteiger charge is -2.44. The lowest BCUT2D eigenvalue weighted by molar-refractivity contribution is 0.106. The molecule has 0 bridgehead atoms. The van der Waals surface area contributed by atoms with E-state index >= 15 is 0 Å². The summed E-state index contributed by atoms with van der Waals surface area (Å²) in [5.41, 5.74) is 3.18. The van der Waals surface area contributed by atoms with Crippen LogP contribution in [0.15, 0.2) is 42.1 Å². The molecule has 0 aliphatic carbocycles. The van der Waals surface area contributed by atoms with Gasteiger partial charge in [0.15, 0.2) is 0 Å². The molecule has 4 amide bonds. The smallest absolute Gasteiger partial charge is 0.325 e. The van der Waals surface area contributed by atoms with Crippen molar-refractivity contribution in [1.82, 2.24) is 14.7 Å². The third kappa shape index (κ3) is 5.35. The molecule has 1 N–H and O–H groups in total. The van der Waals surface area contributed by atoms with Gasteiger partial charge >= 0.3 is 12.1 Å². The highest BCUT2D eigenvalue weighted by molar-refractivity contribution is 5.91. The Hall–Kier alpha value is -4.08. The van der Waals surface area contributed by atoms with Gasteiger partial charge in [0.2, 0.25) is 0 Å². The van der Waals surface area contributed by atoms with Crippen molar-refractivity contribution in [2.75, 3.05) is 53.4 Å². The van der Waals surface area contributed by atoms with E-state index in [1.807, 2.05) is 42.7 Å². The molecular formula is C31H42N4O6. The molecule has 0 unspecified atom stereocenters. The number of benzene rings is 2. The van der Waals surface area contributed by atoms with Gasteiger partial charge in [-0.3, -0.25) is 4.90 Å². The summed E-state index contributed by atoms with van der Waals surface area (Å²) in [6.45, 7) is 8.08. The van der Waals surface area contributed by atoms with Crippen LogP contribution in [0.25, 0.3) is 0 Å². The number of hydrogen-bond donors (Lipinski definition) is 1. The summed E-state index contributed by atoms with van der Waals surface area (Å²) >= 11 is 0. The molecule has 0 aromatic heterocycles. The average Bonchev–Trinajstić information content (AvgIpc) is 3.12. The molecule has 5 rings (SSSR count). The zero-order chi connectivity index (χ0) is 29.7. The predicted molar refractivity (Wildman–Crippen MR) is 158 cm³/mol. The monoisotopic (exact) mass is 566 g/mol. The number of anilines is 1. The van der Waals surface area contributed by atoms with Gasteiger partial charge in [-0.1, -0.05) is 19.9 Å².